The number of halogens is 3. The van der Waals surface area contributed by atoms with Crippen LogP contribution in [0.4, 0.5) is 13.2 Å². The molecule has 1 aromatic heterocycles. The molecule has 8 nitrogen and oxygen atoms in total. The molecule has 2 aromatic carbocycles. The second-order valence-electron chi connectivity index (χ2n) is 8.81. The van der Waals surface area contributed by atoms with Crippen LogP contribution in [0.5, 0.6) is 0 Å². The zero-order valence-electron chi connectivity index (χ0n) is 19.2. The van der Waals surface area contributed by atoms with Crippen molar-refractivity contribution in [1.82, 2.24) is 30.4 Å². The molecule has 2 amide bonds. The Morgan fingerprint density at radius 2 is 1.80 bits per heavy atom. The third kappa shape index (κ3) is 5.33. The van der Waals surface area contributed by atoms with Gasteiger partial charge in [0.1, 0.15) is 36.7 Å². The van der Waals surface area contributed by atoms with E-state index in [1.54, 1.807) is 44.2 Å². The minimum absolute atomic E-state index is 0.0395. The average Bonchev–Trinajstić information content (AvgIpc) is 3.46. The molecule has 1 aliphatic rings. The average molecular weight is 486 g/mol. The SMILES string of the molecule is CC(C)c1c(F)cc(C(NC(=O)C2CC(F)CN2C(=O)Cn2cnnn2)c2ccccc2)cc1F. The second-order valence-corrected chi connectivity index (χ2v) is 8.81. The van der Waals surface area contributed by atoms with Crippen LogP contribution in [0.15, 0.2) is 48.8 Å². The highest BCUT2D eigenvalue weighted by molar-refractivity contribution is 5.88. The van der Waals surface area contributed by atoms with Crippen LogP contribution in [0.25, 0.3) is 0 Å². The zero-order valence-corrected chi connectivity index (χ0v) is 19.2. The third-order valence-corrected chi connectivity index (χ3v) is 5.99. The lowest BCUT2D eigenvalue weighted by Gasteiger charge is -2.27. The van der Waals surface area contributed by atoms with Crippen molar-refractivity contribution in [3.63, 3.8) is 0 Å². The summed E-state index contributed by atoms with van der Waals surface area (Å²) in [4.78, 5) is 27.2. The highest BCUT2D eigenvalue weighted by Gasteiger charge is 2.40. The van der Waals surface area contributed by atoms with Crippen molar-refractivity contribution in [2.24, 2.45) is 0 Å². The van der Waals surface area contributed by atoms with E-state index in [-0.39, 0.29) is 36.6 Å². The molecule has 0 radical (unpaired) electrons. The Morgan fingerprint density at radius 1 is 1.11 bits per heavy atom. The van der Waals surface area contributed by atoms with Gasteiger partial charge in [-0.1, -0.05) is 44.2 Å². The number of benzene rings is 2. The number of carbonyl (C=O) groups excluding carboxylic acids is 2. The van der Waals surface area contributed by atoms with Crippen molar-refractivity contribution >= 4 is 11.8 Å². The Balaban J connectivity index is 1.62. The summed E-state index contributed by atoms with van der Waals surface area (Å²) >= 11 is 0. The quantitative estimate of drug-likeness (QED) is 0.555. The fourth-order valence-corrected chi connectivity index (χ4v) is 4.36. The summed E-state index contributed by atoms with van der Waals surface area (Å²) in [6.45, 7) is 2.87. The lowest BCUT2D eigenvalue weighted by atomic mass is 9.93. The van der Waals surface area contributed by atoms with Crippen LogP contribution in [-0.4, -0.2) is 55.7 Å². The number of carbonyl (C=O) groups is 2. The molecule has 0 saturated carbocycles. The van der Waals surface area contributed by atoms with Gasteiger partial charge in [0.05, 0.1) is 12.6 Å². The molecule has 1 fully saturated rings. The number of rotatable bonds is 7. The summed E-state index contributed by atoms with van der Waals surface area (Å²) in [6.07, 6.45) is -0.339. The minimum Gasteiger partial charge on any atom is -0.343 e. The molecule has 0 bridgehead atoms. The number of nitrogens with one attached hydrogen (secondary N) is 1. The number of aromatic nitrogens is 4. The van der Waals surface area contributed by atoms with Crippen molar-refractivity contribution in [1.29, 1.82) is 0 Å². The summed E-state index contributed by atoms with van der Waals surface area (Å²) in [6, 6.07) is 9.06. The van der Waals surface area contributed by atoms with Gasteiger partial charge >= 0.3 is 0 Å². The summed E-state index contributed by atoms with van der Waals surface area (Å²) in [5.41, 5.74) is 0.742. The highest BCUT2D eigenvalue weighted by atomic mass is 19.1. The van der Waals surface area contributed by atoms with E-state index in [0.717, 1.165) is 4.90 Å². The maximum atomic E-state index is 14.8. The first kappa shape index (κ1) is 24.4. The monoisotopic (exact) mass is 486 g/mol. The maximum absolute atomic E-state index is 14.8. The molecule has 184 valence electrons. The van der Waals surface area contributed by atoms with E-state index in [9.17, 15) is 22.8 Å². The van der Waals surface area contributed by atoms with Gasteiger partial charge in [-0.25, -0.2) is 17.9 Å². The molecule has 2 heterocycles. The van der Waals surface area contributed by atoms with Crippen LogP contribution in [0, 0.1) is 11.6 Å². The van der Waals surface area contributed by atoms with Gasteiger partial charge in [-0.2, -0.15) is 0 Å². The summed E-state index contributed by atoms with van der Waals surface area (Å²) in [5, 5.41) is 13.3. The van der Waals surface area contributed by atoms with Crippen LogP contribution in [0.2, 0.25) is 0 Å². The predicted octanol–water partition coefficient (Wildman–Crippen LogP) is 2.92. The van der Waals surface area contributed by atoms with Crippen molar-refractivity contribution in [2.45, 2.75) is 51.0 Å². The maximum Gasteiger partial charge on any atom is 0.245 e. The van der Waals surface area contributed by atoms with E-state index in [1.807, 2.05) is 0 Å². The van der Waals surface area contributed by atoms with Gasteiger partial charge in [-0.05, 0) is 39.6 Å². The Labute approximate surface area is 200 Å². The number of tetrazole rings is 1. The number of hydrogen-bond acceptors (Lipinski definition) is 5. The molecular weight excluding hydrogens is 461 g/mol. The van der Waals surface area contributed by atoms with Crippen LogP contribution < -0.4 is 5.32 Å². The standard InChI is InChI=1S/C24H25F3N6O2/c1-14(2)22-18(26)8-16(9-19(22)27)23(15-6-4-3-5-7-15)29-24(35)20-10-17(25)11-33(20)21(34)12-32-13-28-30-31-32/h3-9,13-14,17,20,23H,10-12H2,1-2H3,(H,29,35). The summed E-state index contributed by atoms with van der Waals surface area (Å²) in [5.74, 6) is -2.94. The van der Waals surface area contributed by atoms with E-state index in [2.05, 4.69) is 20.8 Å². The third-order valence-electron chi connectivity index (χ3n) is 5.99. The Kier molecular flexibility index (Phi) is 7.13. The first-order chi connectivity index (χ1) is 16.7. The van der Waals surface area contributed by atoms with Crippen molar-refractivity contribution in [3.8, 4) is 0 Å². The van der Waals surface area contributed by atoms with E-state index in [1.165, 1.54) is 23.1 Å². The predicted molar refractivity (Wildman–Crippen MR) is 120 cm³/mol. The van der Waals surface area contributed by atoms with Gasteiger partial charge in [0.25, 0.3) is 0 Å². The molecule has 1 saturated heterocycles. The highest BCUT2D eigenvalue weighted by Crippen LogP contribution is 2.30. The van der Waals surface area contributed by atoms with Crippen molar-refractivity contribution in [2.75, 3.05) is 6.54 Å². The van der Waals surface area contributed by atoms with Crippen molar-refractivity contribution < 1.29 is 22.8 Å². The normalized spacial score (nSPS) is 18.6. The summed E-state index contributed by atoms with van der Waals surface area (Å²) in [7, 11) is 0. The van der Waals surface area contributed by atoms with Gasteiger partial charge in [0, 0.05) is 12.0 Å². The van der Waals surface area contributed by atoms with Gasteiger partial charge < -0.3 is 10.2 Å². The minimum atomic E-state index is -1.39. The molecule has 3 unspecified atom stereocenters. The van der Waals surface area contributed by atoms with Gasteiger partial charge in [0.2, 0.25) is 11.8 Å². The van der Waals surface area contributed by atoms with Crippen LogP contribution >= 0.6 is 0 Å². The largest absolute Gasteiger partial charge is 0.343 e. The Morgan fingerprint density at radius 3 is 2.40 bits per heavy atom. The van der Waals surface area contributed by atoms with E-state index in [4.69, 9.17) is 0 Å². The van der Waals surface area contributed by atoms with Crippen molar-refractivity contribution in [3.05, 3.63) is 77.1 Å². The molecule has 4 rings (SSSR count). The van der Waals surface area contributed by atoms with Gasteiger partial charge in [-0.15, -0.1) is 5.10 Å². The van der Waals surface area contributed by atoms with E-state index in [0.29, 0.717) is 5.56 Å². The zero-order chi connectivity index (χ0) is 25.1. The van der Waals surface area contributed by atoms with E-state index >= 15 is 0 Å². The molecule has 35 heavy (non-hydrogen) atoms. The molecular formula is C24H25F3N6O2. The lowest BCUT2D eigenvalue weighted by molar-refractivity contribution is -0.139. The number of nitrogens with zero attached hydrogens (tertiary/aromatic N) is 5. The Bertz CT molecular complexity index is 1170. The molecule has 3 atom stereocenters. The number of alkyl halides is 1. The van der Waals surface area contributed by atoms with Crippen LogP contribution in [0.1, 0.15) is 48.9 Å². The molecule has 0 spiro atoms. The fourth-order valence-electron chi connectivity index (χ4n) is 4.36. The van der Waals surface area contributed by atoms with E-state index < -0.39 is 41.7 Å². The first-order valence-corrected chi connectivity index (χ1v) is 11.2. The topological polar surface area (TPSA) is 93.0 Å². The molecule has 1 N–H and O–H groups in total. The molecule has 1 aliphatic heterocycles. The first-order valence-electron chi connectivity index (χ1n) is 11.2. The molecule has 3 aromatic rings. The van der Waals surface area contributed by atoms with Crippen LogP contribution in [0.3, 0.4) is 0 Å². The molecule has 0 aliphatic carbocycles. The summed E-state index contributed by atoms with van der Waals surface area (Å²) < 4.78 is 45.1. The van der Waals surface area contributed by atoms with Gasteiger partial charge in [-0.3, -0.25) is 9.59 Å². The van der Waals surface area contributed by atoms with Gasteiger partial charge in [0.15, 0.2) is 0 Å². The number of amides is 2. The fraction of sp³-hybridized carbons (Fsp3) is 0.375. The van der Waals surface area contributed by atoms with Crippen LogP contribution in [-0.2, 0) is 16.1 Å². The number of likely N-dealkylation sites (tertiary alicyclic amines) is 1. The lowest BCUT2D eigenvalue weighted by Crippen LogP contribution is -2.48. The molecule has 11 heteroatoms. The smallest absolute Gasteiger partial charge is 0.245 e. The second kappa shape index (κ2) is 10.2. The Hall–Kier alpha value is -3.76. The number of hydrogen-bond donors (Lipinski definition) is 1.